The molecule has 0 unspecified atom stereocenters. The van der Waals surface area contributed by atoms with Crippen LogP contribution in [0.1, 0.15) is 13.3 Å². The van der Waals surface area contributed by atoms with E-state index in [1.165, 1.54) is 6.07 Å². The molecule has 0 radical (unpaired) electrons. The van der Waals surface area contributed by atoms with Crippen molar-refractivity contribution in [3.63, 3.8) is 0 Å². The lowest BCUT2D eigenvalue weighted by Crippen LogP contribution is -2.32. The van der Waals surface area contributed by atoms with Gasteiger partial charge in [0.1, 0.15) is 12.2 Å². The van der Waals surface area contributed by atoms with E-state index in [0.29, 0.717) is 11.4 Å². The Bertz CT molecular complexity index is 1080. The van der Waals surface area contributed by atoms with E-state index in [1.54, 1.807) is 31.2 Å². The second-order valence-electron chi connectivity index (χ2n) is 6.23. The van der Waals surface area contributed by atoms with Gasteiger partial charge in [0, 0.05) is 22.1 Å². The third-order valence-corrected chi connectivity index (χ3v) is 4.59. The van der Waals surface area contributed by atoms with E-state index in [2.05, 4.69) is 31.7 Å². The van der Waals surface area contributed by atoms with Crippen LogP contribution in [0.5, 0.6) is 0 Å². The van der Waals surface area contributed by atoms with Crippen LogP contribution in [0, 0.1) is 0 Å². The number of carbonyl (C=O) groups is 2. The van der Waals surface area contributed by atoms with Gasteiger partial charge in [-0.2, -0.15) is 5.10 Å². The summed E-state index contributed by atoms with van der Waals surface area (Å²) in [5, 5.41) is 9.64. The van der Waals surface area contributed by atoms with E-state index >= 15 is 0 Å². The molecule has 3 aromatic rings. The number of aromatic nitrogens is 2. The Morgan fingerprint density at radius 3 is 2.34 bits per heavy atom. The Labute approximate surface area is 175 Å². The highest BCUT2D eigenvalue weighted by Crippen LogP contribution is 2.18. The number of anilines is 2. The monoisotopic (exact) mass is 454 g/mol. The number of benzene rings is 2. The molecular formula is C21H19BrN4O3. The van der Waals surface area contributed by atoms with Crippen molar-refractivity contribution in [2.75, 3.05) is 10.6 Å². The summed E-state index contributed by atoms with van der Waals surface area (Å²) in [4.78, 5) is 37.0. The van der Waals surface area contributed by atoms with Gasteiger partial charge in [-0.25, -0.2) is 4.68 Å². The highest BCUT2D eigenvalue weighted by molar-refractivity contribution is 9.10. The largest absolute Gasteiger partial charge is 0.324 e. The lowest BCUT2D eigenvalue weighted by atomic mass is 10.1. The van der Waals surface area contributed by atoms with Gasteiger partial charge in [0.05, 0.1) is 5.69 Å². The van der Waals surface area contributed by atoms with Crippen LogP contribution in [0.3, 0.4) is 0 Å². The molecule has 0 spiro atoms. The maximum Gasteiger partial charge on any atom is 0.291 e. The van der Waals surface area contributed by atoms with E-state index < -0.39 is 11.5 Å². The van der Waals surface area contributed by atoms with Gasteiger partial charge in [-0.15, -0.1) is 0 Å². The molecule has 29 heavy (non-hydrogen) atoms. The molecule has 2 aromatic carbocycles. The molecule has 0 saturated heterocycles. The van der Waals surface area contributed by atoms with Gasteiger partial charge < -0.3 is 10.6 Å². The Hall–Kier alpha value is -3.26. The van der Waals surface area contributed by atoms with E-state index in [4.69, 9.17) is 0 Å². The van der Waals surface area contributed by atoms with Crippen LogP contribution < -0.4 is 16.2 Å². The van der Waals surface area contributed by atoms with Crippen molar-refractivity contribution < 1.29 is 9.59 Å². The zero-order chi connectivity index (χ0) is 20.8. The minimum Gasteiger partial charge on any atom is -0.324 e. The first-order valence-corrected chi connectivity index (χ1v) is 9.78. The highest BCUT2D eigenvalue weighted by Gasteiger charge is 2.14. The summed E-state index contributed by atoms with van der Waals surface area (Å²) in [5.41, 5.74) is 1.39. The van der Waals surface area contributed by atoms with Crippen LogP contribution in [0.4, 0.5) is 11.4 Å². The SMILES string of the molecule is CCC(=O)Nc1cc(-c2ccccc2)nn(CC(=O)Nc2ccc(Br)cc2)c1=O. The van der Waals surface area contributed by atoms with Gasteiger partial charge >= 0.3 is 0 Å². The average Bonchev–Trinajstić information content (AvgIpc) is 2.73. The number of hydrogen-bond donors (Lipinski definition) is 2. The fraction of sp³-hybridized carbons (Fsp3) is 0.143. The summed E-state index contributed by atoms with van der Waals surface area (Å²) in [6, 6.07) is 17.8. The van der Waals surface area contributed by atoms with Crippen molar-refractivity contribution in [1.82, 2.24) is 9.78 Å². The van der Waals surface area contributed by atoms with Crippen molar-refractivity contribution in [2.24, 2.45) is 0 Å². The molecule has 7 nitrogen and oxygen atoms in total. The lowest BCUT2D eigenvalue weighted by Gasteiger charge is -2.12. The maximum atomic E-state index is 12.7. The van der Waals surface area contributed by atoms with Crippen LogP contribution in [-0.4, -0.2) is 21.6 Å². The Morgan fingerprint density at radius 2 is 1.69 bits per heavy atom. The standard InChI is InChI=1S/C21H19BrN4O3/c1-2-19(27)24-18-12-17(14-6-4-3-5-7-14)25-26(21(18)29)13-20(28)23-16-10-8-15(22)9-11-16/h3-12H,2,13H2,1H3,(H,23,28)(H,24,27). The minimum atomic E-state index is -0.544. The molecule has 0 aliphatic rings. The summed E-state index contributed by atoms with van der Waals surface area (Å²) in [5.74, 6) is -0.696. The second kappa shape index (κ2) is 9.29. The van der Waals surface area contributed by atoms with Gasteiger partial charge in [-0.05, 0) is 30.3 Å². The summed E-state index contributed by atoms with van der Waals surface area (Å²) in [7, 11) is 0. The van der Waals surface area contributed by atoms with Crippen molar-refractivity contribution in [3.8, 4) is 11.3 Å². The first-order valence-electron chi connectivity index (χ1n) is 8.99. The zero-order valence-corrected chi connectivity index (χ0v) is 17.3. The van der Waals surface area contributed by atoms with Crippen molar-refractivity contribution in [3.05, 3.63) is 75.5 Å². The van der Waals surface area contributed by atoms with Crippen LogP contribution in [0.2, 0.25) is 0 Å². The third kappa shape index (κ3) is 5.39. The number of nitrogens with one attached hydrogen (secondary N) is 2. The number of nitrogens with zero attached hydrogens (tertiary/aromatic N) is 2. The number of carbonyl (C=O) groups excluding carboxylic acids is 2. The first-order chi connectivity index (χ1) is 14.0. The van der Waals surface area contributed by atoms with Crippen molar-refractivity contribution in [2.45, 2.75) is 19.9 Å². The van der Waals surface area contributed by atoms with E-state index in [9.17, 15) is 14.4 Å². The highest BCUT2D eigenvalue weighted by atomic mass is 79.9. The van der Waals surface area contributed by atoms with E-state index in [1.807, 2.05) is 30.3 Å². The Balaban J connectivity index is 1.92. The Morgan fingerprint density at radius 1 is 1.00 bits per heavy atom. The molecule has 0 atom stereocenters. The molecule has 1 aromatic heterocycles. The smallest absolute Gasteiger partial charge is 0.291 e. The zero-order valence-electron chi connectivity index (χ0n) is 15.7. The second-order valence-corrected chi connectivity index (χ2v) is 7.14. The minimum absolute atomic E-state index is 0.0853. The molecular weight excluding hydrogens is 436 g/mol. The van der Waals surface area contributed by atoms with Crippen LogP contribution in [-0.2, 0) is 16.1 Å². The lowest BCUT2D eigenvalue weighted by molar-refractivity contribution is -0.117. The maximum absolute atomic E-state index is 12.7. The molecule has 8 heteroatoms. The molecule has 0 fully saturated rings. The van der Waals surface area contributed by atoms with Gasteiger partial charge in [0.25, 0.3) is 5.56 Å². The van der Waals surface area contributed by atoms with Crippen LogP contribution >= 0.6 is 15.9 Å². The van der Waals surface area contributed by atoms with Crippen molar-refractivity contribution in [1.29, 1.82) is 0 Å². The molecule has 148 valence electrons. The molecule has 0 bridgehead atoms. The normalized spacial score (nSPS) is 10.4. The number of halogens is 1. The molecule has 0 saturated carbocycles. The molecule has 0 aliphatic carbocycles. The fourth-order valence-electron chi connectivity index (χ4n) is 2.60. The van der Waals surface area contributed by atoms with Gasteiger partial charge in [0.2, 0.25) is 11.8 Å². The summed E-state index contributed by atoms with van der Waals surface area (Å²) >= 11 is 3.34. The molecule has 2 N–H and O–H groups in total. The summed E-state index contributed by atoms with van der Waals surface area (Å²) in [6.07, 6.45) is 0.229. The molecule has 1 heterocycles. The van der Waals surface area contributed by atoms with E-state index in [-0.39, 0.29) is 24.6 Å². The number of amides is 2. The van der Waals surface area contributed by atoms with Gasteiger partial charge in [-0.1, -0.05) is 53.2 Å². The third-order valence-electron chi connectivity index (χ3n) is 4.06. The quantitative estimate of drug-likeness (QED) is 0.594. The van der Waals surface area contributed by atoms with Gasteiger partial charge in [0.15, 0.2) is 0 Å². The number of rotatable bonds is 6. The van der Waals surface area contributed by atoms with Crippen LogP contribution in [0.25, 0.3) is 11.3 Å². The first kappa shape index (κ1) is 20.5. The van der Waals surface area contributed by atoms with Gasteiger partial charge in [-0.3, -0.25) is 14.4 Å². The molecule has 0 aliphatic heterocycles. The molecule has 2 amide bonds. The predicted molar refractivity (Wildman–Crippen MR) is 116 cm³/mol. The fourth-order valence-corrected chi connectivity index (χ4v) is 2.86. The molecule has 3 rings (SSSR count). The van der Waals surface area contributed by atoms with Crippen molar-refractivity contribution >= 4 is 39.1 Å². The Kier molecular flexibility index (Phi) is 6.56. The predicted octanol–water partition coefficient (Wildman–Crippen LogP) is 3.66. The summed E-state index contributed by atoms with van der Waals surface area (Å²) < 4.78 is 1.95. The number of hydrogen-bond acceptors (Lipinski definition) is 4. The topological polar surface area (TPSA) is 93.1 Å². The van der Waals surface area contributed by atoms with E-state index in [0.717, 1.165) is 14.7 Å². The summed E-state index contributed by atoms with van der Waals surface area (Å²) in [6.45, 7) is 1.41. The average molecular weight is 455 g/mol. The van der Waals surface area contributed by atoms with Crippen LogP contribution in [0.15, 0.2) is 69.9 Å².